The van der Waals surface area contributed by atoms with E-state index in [1.54, 1.807) is 6.07 Å². The van der Waals surface area contributed by atoms with Gasteiger partial charge in [0.15, 0.2) is 0 Å². The average molecular weight is 319 g/mol. The van der Waals surface area contributed by atoms with E-state index in [0.717, 1.165) is 21.5 Å². The third-order valence-corrected chi connectivity index (χ3v) is 4.61. The first-order valence-corrected chi connectivity index (χ1v) is 6.49. The largest absolute Gasteiger partial charge is 0.383 e. The van der Waals surface area contributed by atoms with Crippen LogP contribution in [0.5, 0.6) is 0 Å². The lowest BCUT2D eigenvalue weighted by Gasteiger charge is -2.10. The molecule has 1 aromatic carbocycles. The van der Waals surface area contributed by atoms with Gasteiger partial charge in [-0.25, -0.2) is 8.78 Å². The highest BCUT2D eigenvalue weighted by Crippen LogP contribution is 2.35. The van der Waals surface area contributed by atoms with E-state index in [4.69, 9.17) is 0 Å². The average Bonchev–Trinajstić information content (AvgIpc) is 2.59. The van der Waals surface area contributed by atoms with Gasteiger partial charge in [-0.05, 0) is 41.1 Å². The summed E-state index contributed by atoms with van der Waals surface area (Å²) in [5, 5.41) is 10.0. The Bertz CT molecular complexity index is 514. The van der Waals surface area contributed by atoms with Crippen LogP contribution in [0.15, 0.2) is 28.7 Å². The molecule has 1 heterocycles. The number of hydrogen-bond donors (Lipinski definition) is 1. The fraction of sp³-hybridized carbons (Fsp3) is 0.167. The summed E-state index contributed by atoms with van der Waals surface area (Å²) >= 11 is 4.61. The van der Waals surface area contributed by atoms with Crippen LogP contribution in [0, 0.1) is 18.6 Å². The molecule has 0 amide bonds. The zero-order valence-corrected chi connectivity index (χ0v) is 11.3. The van der Waals surface area contributed by atoms with Crippen LogP contribution < -0.4 is 0 Å². The predicted molar refractivity (Wildman–Crippen MR) is 67.2 cm³/mol. The maximum Gasteiger partial charge on any atom is 0.132 e. The molecule has 1 nitrogen and oxygen atoms in total. The maximum atomic E-state index is 13.5. The van der Waals surface area contributed by atoms with Crippen molar-refractivity contribution in [1.29, 1.82) is 0 Å². The summed E-state index contributed by atoms with van der Waals surface area (Å²) in [4.78, 5) is 1.47. The molecule has 1 aromatic heterocycles. The first kappa shape index (κ1) is 12.7. The van der Waals surface area contributed by atoms with E-state index in [9.17, 15) is 13.9 Å². The quantitative estimate of drug-likeness (QED) is 0.880. The minimum atomic E-state index is -1.27. The molecule has 1 atom stereocenters. The molecular formula is C12H9BrF2OS. The van der Waals surface area contributed by atoms with Gasteiger partial charge in [-0.2, -0.15) is 0 Å². The topological polar surface area (TPSA) is 20.2 Å². The van der Waals surface area contributed by atoms with Crippen molar-refractivity contribution >= 4 is 27.3 Å². The third kappa shape index (κ3) is 2.41. The van der Waals surface area contributed by atoms with E-state index < -0.39 is 17.7 Å². The molecule has 1 unspecified atom stereocenters. The number of aryl methyl sites for hydroxylation is 1. The molecule has 90 valence electrons. The van der Waals surface area contributed by atoms with Gasteiger partial charge in [-0.3, -0.25) is 0 Å². The molecule has 0 aliphatic heterocycles. The second-order valence-electron chi connectivity index (χ2n) is 3.59. The van der Waals surface area contributed by atoms with Gasteiger partial charge in [0.25, 0.3) is 0 Å². The molecule has 0 fully saturated rings. The van der Waals surface area contributed by atoms with E-state index in [1.807, 2.05) is 6.92 Å². The number of rotatable bonds is 2. The molecule has 5 heteroatoms. The molecule has 0 spiro atoms. The second kappa shape index (κ2) is 4.84. The molecule has 0 radical (unpaired) electrons. The SMILES string of the molecule is Cc1sc(C(O)c2c(F)cccc2F)cc1Br. The van der Waals surface area contributed by atoms with E-state index in [2.05, 4.69) is 15.9 Å². The molecule has 0 aliphatic carbocycles. The lowest BCUT2D eigenvalue weighted by atomic mass is 10.1. The van der Waals surface area contributed by atoms with Gasteiger partial charge >= 0.3 is 0 Å². The monoisotopic (exact) mass is 318 g/mol. The molecule has 1 N–H and O–H groups in total. The Labute approximate surface area is 110 Å². The fourth-order valence-electron chi connectivity index (χ4n) is 1.53. The standard InChI is InChI=1S/C12H9BrF2OS/c1-6-7(13)5-10(17-6)12(16)11-8(14)3-2-4-9(11)15/h2-5,12,16H,1H3. The van der Waals surface area contributed by atoms with Crippen molar-refractivity contribution < 1.29 is 13.9 Å². The number of aliphatic hydroxyl groups excluding tert-OH is 1. The Morgan fingerprint density at radius 2 is 1.88 bits per heavy atom. The first-order valence-electron chi connectivity index (χ1n) is 4.88. The first-order chi connectivity index (χ1) is 8.00. The van der Waals surface area contributed by atoms with Crippen molar-refractivity contribution in [3.05, 3.63) is 55.7 Å². The van der Waals surface area contributed by atoms with E-state index in [0.29, 0.717) is 4.88 Å². The normalized spacial score (nSPS) is 12.8. The Kier molecular flexibility index (Phi) is 3.61. The van der Waals surface area contributed by atoms with Gasteiger partial charge in [0.05, 0.1) is 5.56 Å². The van der Waals surface area contributed by atoms with Crippen molar-refractivity contribution in [1.82, 2.24) is 0 Å². The van der Waals surface area contributed by atoms with Crippen LogP contribution in [-0.4, -0.2) is 5.11 Å². The predicted octanol–water partition coefficient (Wildman–Crippen LogP) is 4.18. The fourth-order valence-corrected chi connectivity index (χ4v) is 3.09. The molecule has 2 rings (SSSR count). The van der Waals surface area contributed by atoms with E-state index >= 15 is 0 Å². The second-order valence-corrected chi connectivity index (χ2v) is 5.73. The van der Waals surface area contributed by atoms with Crippen molar-refractivity contribution in [2.24, 2.45) is 0 Å². The number of benzene rings is 1. The van der Waals surface area contributed by atoms with Gasteiger partial charge in [0.2, 0.25) is 0 Å². The number of hydrogen-bond acceptors (Lipinski definition) is 2. The Morgan fingerprint density at radius 1 is 1.29 bits per heavy atom. The molecule has 2 aromatic rings. The van der Waals surface area contributed by atoms with Crippen LogP contribution in [0.4, 0.5) is 8.78 Å². The van der Waals surface area contributed by atoms with Crippen molar-refractivity contribution in [2.45, 2.75) is 13.0 Å². The molecule has 0 saturated heterocycles. The molecule has 0 bridgehead atoms. The molecule has 0 aliphatic rings. The van der Waals surface area contributed by atoms with Gasteiger partial charge < -0.3 is 5.11 Å². The number of aliphatic hydroxyl groups is 1. The summed E-state index contributed by atoms with van der Waals surface area (Å²) in [6.45, 7) is 1.86. The van der Waals surface area contributed by atoms with E-state index in [-0.39, 0.29) is 5.56 Å². The van der Waals surface area contributed by atoms with Crippen LogP contribution in [-0.2, 0) is 0 Å². The van der Waals surface area contributed by atoms with Crippen LogP contribution in [0.25, 0.3) is 0 Å². The lowest BCUT2D eigenvalue weighted by Crippen LogP contribution is -2.03. The van der Waals surface area contributed by atoms with E-state index in [1.165, 1.54) is 17.4 Å². The highest BCUT2D eigenvalue weighted by atomic mass is 79.9. The summed E-state index contributed by atoms with van der Waals surface area (Å²) in [6, 6.07) is 5.22. The summed E-state index contributed by atoms with van der Waals surface area (Å²) in [5.41, 5.74) is -0.304. The minimum absolute atomic E-state index is 0.304. The van der Waals surface area contributed by atoms with Crippen molar-refractivity contribution in [3.63, 3.8) is 0 Å². The van der Waals surface area contributed by atoms with Crippen LogP contribution in [0.1, 0.15) is 21.4 Å². The van der Waals surface area contributed by atoms with Crippen LogP contribution >= 0.6 is 27.3 Å². The van der Waals surface area contributed by atoms with Gasteiger partial charge in [-0.1, -0.05) is 6.07 Å². The van der Waals surface area contributed by atoms with Crippen molar-refractivity contribution in [3.8, 4) is 0 Å². The third-order valence-electron chi connectivity index (χ3n) is 2.42. The molecule has 0 saturated carbocycles. The zero-order valence-electron chi connectivity index (χ0n) is 8.88. The summed E-state index contributed by atoms with van der Waals surface area (Å²) in [6.07, 6.45) is -1.27. The summed E-state index contributed by atoms with van der Waals surface area (Å²) < 4.78 is 27.8. The Hall–Kier alpha value is -0.780. The summed E-state index contributed by atoms with van der Waals surface area (Å²) in [5.74, 6) is -1.47. The van der Waals surface area contributed by atoms with Crippen molar-refractivity contribution in [2.75, 3.05) is 0 Å². The highest BCUT2D eigenvalue weighted by Gasteiger charge is 2.21. The number of thiophene rings is 1. The lowest BCUT2D eigenvalue weighted by molar-refractivity contribution is 0.212. The molecule has 17 heavy (non-hydrogen) atoms. The Balaban J connectivity index is 2.47. The zero-order chi connectivity index (χ0) is 12.6. The minimum Gasteiger partial charge on any atom is -0.383 e. The van der Waals surface area contributed by atoms with Gasteiger partial charge in [-0.15, -0.1) is 11.3 Å². The highest BCUT2D eigenvalue weighted by molar-refractivity contribution is 9.10. The van der Waals surface area contributed by atoms with Gasteiger partial charge in [0.1, 0.15) is 17.7 Å². The number of halogens is 3. The summed E-state index contributed by atoms with van der Waals surface area (Å²) in [7, 11) is 0. The Morgan fingerprint density at radius 3 is 2.35 bits per heavy atom. The molecular weight excluding hydrogens is 310 g/mol. The van der Waals surface area contributed by atoms with Crippen LogP contribution in [0.2, 0.25) is 0 Å². The smallest absolute Gasteiger partial charge is 0.132 e. The maximum absolute atomic E-state index is 13.5. The van der Waals surface area contributed by atoms with Gasteiger partial charge in [0, 0.05) is 14.2 Å². The van der Waals surface area contributed by atoms with Crippen LogP contribution in [0.3, 0.4) is 0 Å².